The molecule has 0 atom stereocenters. The maximum absolute atomic E-state index is 5.26. The smallest absolute Gasteiger partial charge is 0 e. The Bertz CT molecular complexity index is 60.8. The van der Waals surface area contributed by atoms with Gasteiger partial charge in [-0.3, -0.25) is 0 Å². The van der Waals surface area contributed by atoms with Crippen LogP contribution in [0.3, 0.4) is 0 Å². The van der Waals surface area contributed by atoms with Gasteiger partial charge in [0.05, 0.1) is 0 Å². The molecule has 0 rings (SSSR count). The van der Waals surface area contributed by atoms with E-state index in [2.05, 4.69) is 0 Å². The number of hydrogen-bond donors (Lipinski definition) is 0. The molecule has 0 heterocycles. The maximum Gasteiger partial charge on any atom is 0 e. The first-order valence-electron chi connectivity index (χ1n) is 3.19. The van der Waals surface area contributed by atoms with E-state index in [1.807, 2.05) is 27.7 Å². The van der Waals surface area contributed by atoms with Gasteiger partial charge in [0, 0.05) is 17.4 Å². The normalized spacial score (nSPS) is 9.80. The van der Waals surface area contributed by atoms with Crippen LogP contribution in [0, 0.1) is 0 Å². The van der Waals surface area contributed by atoms with Crippen LogP contribution in [-0.4, -0.2) is 29.6 Å². The number of hydrogen-bond acceptors (Lipinski definition) is 2. The van der Waals surface area contributed by atoms with Crippen LogP contribution in [-0.2, 0) is 26.6 Å². The summed E-state index contributed by atoms with van der Waals surface area (Å²) < 4.78 is 10.5. The summed E-state index contributed by atoms with van der Waals surface area (Å²) in [6, 6.07) is 0. The molecule has 0 aliphatic heterocycles. The van der Waals surface area contributed by atoms with Gasteiger partial charge in [-0.25, -0.2) is 0 Å². The number of rotatable bonds is 4. The summed E-state index contributed by atoms with van der Waals surface area (Å²) in [6.45, 7) is 8.08. The van der Waals surface area contributed by atoms with E-state index < -0.39 is 19.9 Å². The molecular weight excluding hydrogens is 179 g/mol. The third kappa shape index (κ3) is 11.9. The van der Waals surface area contributed by atoms with Gasteiger partial charge in [-0.15, -0.1) is 0 Å². The Morgan fingerprint density at radius 3 is 1.40 bits per heavy atom. The minimum Gasteiger partial charge on any atom is 0 e. The first-order valence-corrected chi connectivity index (χ1v) is 4.46. The maximum atomic E-state index is 5.26. The largest absolute Gasteiger partial charge is 0 e. The van der Waals surface area contributed by atoms with E-state index in [9.17, 15) is 0 Å². The zero-order valence-corrected chi connectivity index (χ0v) is 9.76. The molecule has 0 N–H and O–H groups in total. The molecule has 10 heavy (non-hydrogen) atoms. The Morgan fingerprint density at radius 2 is 1.20 bits per heavy atom. The van der Waals surface area contributed by atoms with Crippen molar-refractivity contribution in [1.29, 1.82) is 0 Å². The molecule has 0 aliphatic rings. The van der Waals surface area contributed by atoms with Crippen LogP contribution in [0.1, 0.15) is 27.7 Å². The molecule has 3 radical (unpaired) electrons. The molecule has 2 nitrogen and oxygen atoms in total. The Balaban J connectivity index is 0. The van der Waals surface area contributed by atoms with E-state index in [0.717, 1.165) is 0 Å². The van der Waals surface area contributed by atoms with E-state index >= 15 is 0 Å². The first-order chi connectivity index (χ1) is 4.13. The Labute approximate surface area is 83.7 Å². The third-order valence-corrected chi connectivity index (χ3v) is 2.34. The summed E-state index contributed by atoms with van der Waals surface area (Å²) in [7, 11) is 0. The van der Waals surface area contributed by atoms with Crippen molar-refractivity contribution in [3.05, 3.63) is 0 Å². The summed E-state index contributed by atoms with van der Waals surface area (Å²) in [5.74, 6) is 0. The minimum absolute atomic E-state index is 0. The molecule has 0 unspecified atom stereocenters. The van der Waals surface area contributed by atoms with E-state index in [1.54, 1.807) is 0 Å². The van der Waals surface area contributed by atoms with Gasteiger partial charge in [-0.1, -0.05) is 0 Å². The second-order valence-electron chi connectivity index (χ2n) is 2.42. The molecule has 0 saturated heterocycles. The van der Waals surface area contributed by atoms with Gasteiger partial charge in [0.1, 0.15) is 0 Å². The van der Waals surface area contributed by atoms with E-state index in [1.165, 1.54) is 0 Å². The van der Waals surface area contributed by atoms with Crippen molar-refractivity contribution in [3.8, 4) is 0 Å². The molecule has 0 saturated carbocycles. The average molecular weight is 193 g/mol. The molecular formula is C6H14AlO2Ti. The Kier molecular flexibility index (Phi) is 11.4. The topological polar surface area (TPSA) is 18.5 Å². The van der Waals surface area contributed by atoms with Crippen molar-refractivity contribution in [1.82, 2.24) is 0 Å². The minimum atomic E-state index is -0.574. The molecule has 0 amide bonds. The van der Waals surface area contributed by atoms with Crippen molar-refractivity contribution < 1.29 is 26.6 Å². The van der Waals surface area contributed by atoms with Crippen LogP contribution in [0.25, 0.3) is 0 Å². The Hall–Kier alpha value is 1.17. The summed E-state index contributed by atoms with van der Waals surface area (Å²) in [5.41, 5.74) is 0. The van der Waals surface area contributed by atoms with Gasteiger partial charge >= 0.3 is 66.5 Å². The molecule has 0 spiro atoms. The van der Waals surface area contributed by atoms with Crippen LogP contribution in [0.4, 0.5) is 0 Å². The molecule has 4 heteroatoms. The van der Waals surface area contributed by atoms with Crippen molar-refractivity contribution in [2.24, 2.45) is 0 Å². The SMILES string of the molecule is CC(C)[O][Ti][O]C(C)C.[Al]. The van der Waals surface area contributed by atoms with Gasteiger partial charge < -0.3 is 0 Å². The summed E-state index contributed by atoms with van der Waals surface area (Å²) in [6.07, 6.45) is 0.646. The van der Waals surface area contributed by atoms with Gasteiger partial charge in [-0.2, -0.15) is 0 Å². The predicted octanol–water partition coefficient (Wildman–Crippen LogP) is 1.37. The second-order valence-corrected chi connectivity index (χ2v) is 3.41. The van der Waals surface area contributed by atoms with Crippen molar-refractivity contribution >= 4 is 17.4 Å². The van der Waals surface area contributed by atoms with Crippen LogP contribution in [0.2, 0.25) is 0 Å². The van der Waals surface area contributed by atoms with Crippen LogP contribution < -0.4 is 0 Å². The fourth-order valence-corrected chi connectivity index (χ4v) is 0.908. The van der Waals surface area contributed by atoms with E-state index in [4.69, 9.17) is 6.64 Å². The summed E-state index contributed by atoms with van der Waals surface area (Å²) in [4.78, 5) is 0. The van der Waals surface area contributed by atoms with Gasteiger partial charge in [0.15, 0.2) is 0 Å². The summed E-state index contributed by atoms with van der Waals surface area (Å²) in [5, 5.41) is 0. The molecule has 57 valence electrons. The molecule has 0 aromatic carbocycles. The van der Waals surface area contributed by atoms with Crippen LogP contribution in [0.15, 0.2) is 0 Å². The van der Waals surface area contributed by atoms with Crippen molar-refractivity contribution in [3.63, 3.8) is 0 Å². The average Bonchev–Trinajstić information content (AvgIpc) is 1.63. The second kappa shape index (κ2) is 8.27. The molecule has 0 fully saturated rings. The van der Waals surface area contributed by atoms with Gasteiger partial charge in [0.2, 0.25) is 0 Å². The monoisotopic (exact) mass is 193 g/mol. The Morgan fingerprint density at radius 1 is 0.900 bits per heavy atom. The van der Waals surface area contributed by atoms with E-state index in [-0.39, 0.29) is 17.4 Å². The van der Waals surface area contributed by atoms with Crippen molar-refractivity contribution in [2.75, 3.05) is 0 Å². The molecule has 0 bridgehead atoms. The van der Waals surface area contributed by atoms with E-state index in [0.29, 0.717) is 12.2 Å². The zero-order valence-electron chi connectivity index (χ0n) is 7.05. The predicted molar refractivity (Wildman–Crippen MR) is 38.2 cm³/mol. The zero-order chi connectivity index (χ0) is 7.28. The fourth-order valence-electron chi connectivity index (χ4n) is 0.220. The molecule has 0 aromatic heterocycles. The van der Waals surface area contributed by atoms with Crippen LogP contribution >= 0.6 is 0 Å². The van der Waals surface area contributed by atoms with Gasteiger partial charge in [-0.05, 0) is 0 Å². The summed E-state index contributed by atoms with van der Waals surface area (Å²) >= 11 is -0.574. The van der Waals surface area contributed by atoms with Gasteiger partial charge in [0.25, 0.3) is 0 Å². The quantitative estimate of drug-likeness (QED) is 0.627. The first kappa shape index (κ1) is 13.7. The molecule has 0 aromatic rings. The van der Waals surface area contributed by atoms with Crippen molar-refractivity contribution in [2.45, 2.75) is 39.9 Å². The fraction of sp³-hybridized carbons (Fsp3) is 1.00. The molecule has 0 aliphatic carbocycles. The third-order valence-electron chi connectivity index (χ3n) is 0.568. The standard InChI is InChI=1S/2C3H7O.Al.Ti/c2*1-3(2)4;;/h2*3H,1-2H3;;/q2*-1;;+2. The van der Waals surface area contributed by atoms with Crippen LogP contribution in [0.5, 0.6) is 0 Å².